The standard InChI is InChI=1S/C13H26N2O3/c1-4-12(7-6-9-14-11(3)16)15-10-8-13(17)18-5-2/h12,15H,4-10H2,1-3H3,(H,14,16)/t12-/m1/s1. The van der Waals surface area contributed by atoms with Crippen LogP contribution in [0.25, 0.3) is 0 Å². The predicted octanol–water partition coefficient (Wildman–Crippen LogP) is 1.22. The number of ether oxygens (including phenoxy) is 1. The molecule has 106 valence electrons. The van der Waals surface area contributed by atoms with Crippen LogP contribution in [0.3, 0.4) is 0 Å². The number of esters is 1. The van der Waals surface area contributed by atoms with E-state index in [4.69, 9.17) is 4.74 Å². The Kier molecular flexibility index (Phi) is 10.3. The summed E-state index contributed by atoms with van der Waals surface area (Å²) in [6, 6.07) is 0.396. The number of nitrogens with one attached hydrogen (secondary N) is 2. The summed E-state index contributed by atoms with van der Waals surface area (Å²) in [4.78, 5) is 21.8. The van der Waals surface area contributed by atoms with Crippen molar-refractivity contribution < 1.29 is 14.3 Å². The molecule has 1 amide bonds. The van der Waals surface area contributed by atoms with Gasteiger partial charge in [-0.3, -0.25) is 9.59 Å². The molecular formula is C13H26N2O3. The average Bonchev–Trinajstić information content (AvgIpc) is 2.32. The summed E-state index contributed by atoms with van der Waals surface area (Å²) in [5.41, 5.74) is 0. The molecule has 2 N–H and O–H groups in total. The van der Waals surface area contributed by atoms with E-state index in [2.05, 4.69) is 17.6 Å². The molecule has 1 atom stereocenters. The number of carbonyl (C=O) groups is 2. The third-order valence-corrected chi connectivity index (χ3v) is 2.66. The molecular weight excluding hydrogens is 232 g/mol. The van der Waals surface area contributed by atoms with Gasteiger partial charge in [0.1, 0.15) is 0 Å². The average molecular weight is 258 g/mol. The molecule has 0 fully saturated rings. The minimum absolute atomic E-state index is 0.0123. The number of amides is 1. The van der Waals surface area contributed by atoms with Gasteiger partial charge in [-0.05, 0) is 26.2 Å². The van der Waals surface area contributed by atoms with E-state index in [0.717, 1.165) is 19.3 Å². The second kappa shape index (κ2) is 11.0. The molecule has 0 aromatic heterocycles. The van der Waals surface area contributed by atoms with E-state index in [1.54, 1.807) is 0 Å². The van der Waals surface area contributed by atoms with Crippen LogP contribution in [0.5, 0.6) is 0 Å². The molecule has 0 aliphatic heterocycles. The molecule has 0 radical (unpaired) electrons. The minimum atomic E-state index is -0.155. The maximum absolute atomic E-state index is 11.1. The monoisotopic (exact) mass is 258 g/mol. The lowest BCUT2D eigenvalue weighted by Crippen LogP contribution is -2.32. The van der Waals surface area contributed by atoms with Crippen LogP contribution in [0.2, 0.25) is 0 Å². The fourth-order valence-corrected chi connectivity index (χ4v) is 1.67. The smallest absolute Gasteiger partial charge is 0.307 e. The Bertz CT molecular complexity index is 244. The second-order valence-electron chi connectivity index (χ2n) is 4.24. The van der Waals surface area contributed by atoms with E-state index in [-0.39, 0.29) is 11.9 Å². The summed E-state index contributed by atoms with van der Waals surface area (Å²) in [7, 11) is 0. The summed E-state index contributed by atoms with van der Waals surface area (Å²) in [6.45, 7) is 7.24. The zero-order chi connectivity index (χ0) is 13.8. The Labute approximate surface area is 110 Å². The van der Waals surface area contributed by atoms with Crippen LogP contribution in [-0.4, -0.2) is 37.6 Å². The first-order valence-electron chi connectivity index (χ1n) is 6.73. The van der Waals surface area contributed by atoms with Gasteiger partial charge in [0.05, 0.1) is 13.0 Å². The first-order chi connectivity index (χ1) is 8.60. The number of carbonyl (C=O) groups excluding carboxylic acids is 2. The Morgan fingerprint density at radius 2 is 1.94 bits per heavy atom. The molecule has 0 spiro atoms. The highest BCUT2D eigenvalue weighted by Crippen LogP contribution is 2.01. The van der Waals surface area contributed by atoms with E-state index in [0.29, 0.717) is 32.2 Å². The first kappa shape index (κ1) is 16.9. The van der Waals surface area contributed by atoms with Crippen molar-refractivity contribution in [1.82, 2.24) is 10.6 Å². The molecule has 18 heavy (non-hydrogen) atoms. The first-order valence-corrected chi connectivity index (χ1v) is 6.73. The Balaban J connectivity index is 3.57. The van der Waals surface area contributed by atoms with Gasteiger partial charge in [-0.1, -0.05) is 6.92 Å². The number of hydrogen-bond donors (Lipinski definition) is 2. The fraction of sp³-hybridized carbons (Fsp3) is 0.846. The highest BCUT2D eigenvalue weighted by Gasteiger charge is 2.07. The SMILES string of the molecule is CCOC(=O)CCN[C@H](CC)CCCNC(C)=O. The minimum Gasteiger partial charge on any atom is -0.466 e. The summed E-state index contributed by atoms with van der Waals surface area (Å²) in [5.74, 6) is -0.142. The molecule has 0 bridgehead atoms. The summed E-state index contributed by atoms with van der Waals surface area (Å²) in [6.07, 6.45) is 3.38. The van der Waals surface area contributed by atoms with Crippen LogP contribution >= 0.6 is 0 Å². The third kappa shape index (κ3) is 10.1. The molecule has 0 saturated carbocycles. The van der Waals surface area contributed by atoms with Gasteiger partial charge >= 0.3 is 5.97 Å². The second-order valence-corrected chi connectivity index (χ2v) is 4.24. The van der Waals surface area contributed by atoms with Gasteiger partial charge in [-0.15, -0.1) is 0 Å². The van der Waals surface area contributed by atoms with Gasteiger partial charge in [-0.25, -0.2) is 0 Å². The lowest BCUT2D eigenvalue weighted by Gasteiger charge is -2.16. The van der Waals surface area contributed by atoms with E-state index in [9.17, 15) is 9.59 Å². The Morgan fingerprint density at radius 1 is 1.22 bits per heavy atom. The summed E-state index contributed by atoms with van der Waals surface area (Å²) in [5, 5.41) is 6.11. The van der Waals surface area contributed by atoms with Gasteiger partial charge in [0.15, 0.2) is 0 Å². The van der Waals surface area contributed by atoms with Crippen molar-refractivity contribution in [3.05, 3.63) is 0 Å². The van der Waals surface area contributed by atoms with Crippen LogP contribution in [0.15, 0.2) is 0 Å². The maximum Gasteiger partial charge on any atom is 0.307 e. The van der Waals surface area contributed by atoms with Crippen molar-refractivity contribution in [2.75, 3.05) is 19.7 Å². The van der Waals surface area contributed by atoms with E-state index in [1.807, 2.05) is 6.92 Å². The van der Waals surface area contributed by atoms with Gasteiger partial charge in [0.25, 0.3) is 0 Å². The normalized spacial score (nSPS) is 11.9. The van der Waals surface area contributed by atoms with Crippen LogP contribution in [0, 0.1) is 0 Å². The van der Waals surface area contributed by atoms with Gasteiger partial charge < -0.3 is 15.4 Å². The fourth-order valence-electron chi connectivity index (χ4n) is 1.67. The van der Waals surface area contributed by atoms with E-state index >= 15 is 0 Å². The topological polar surface area (TPSA) is 67.4 Å². The van der Waals surface area contributed by atoms with Crippen molar-refractivity contribution in [1.29, 1.82) is 0 Å². The largest absolute Gasteiger partial charge is 0.466 e. The quantitative estimate of drug-likeness (QED) is 0.457. The Hall–Kier alpha value is -1.10. The lowest BCUT2D eigenvalue weighted by molar-refractivity contribution is -0.143. The van der Waals surface area contributed by atoms with Crippen LogP contribution in [-0.2, 0) is 14.3 Å². The van der Waals surface area contributed by atoms with Crippen molar-refractivity contribution in [2.24, 2.45) is 0 Å². The molecule has 0 rings (SSSR count). The zero-order valence-corrected chi connectivity index (χ0v) is 11.8. The van der Waals surface area contributed by atoms with E-state index in [1.165, 1.54) is 6.92 Å². The van der Waals surface area contributed by atoms with Crippen molar-refractivity contribution in [3.8, 4) is 0 Å². The molecule has 0 aliphatic rings. The van der Waals surface area contributed by atoms with Gasteiger partial charge in [0.2, 0.25) is 5.91 Å². The molecule has 0 aliphatic carbocycles. The summed E-state index contributed by atoms with van der Waals surface area (Å²) < 4.78 is 4.86. The molecule has 5 heteroatoms. The van der Waals surface area contributed by atoms with Crippen molar-refractivity contribution >= 4 is 11.9 Å². The van der Waals surface area contributed by atoms with Crippen molar-refractivity contribution in [3.63, 3.8) is 0 Å². The molecule has 0 saturated heterocycles. The lowest BCUT2D eigenvalue weighted by atomic mass is 10.1. The molecule has 0 aromatic rings. The molecule has 0 heterocycles. The van der Waals surface area contributed by atoms with Crippen LogP contribution in [0.1, 0.15) is 46.5 Å². The highest BCUT2D eigenvalue weighted by molar-refractivity contribution is 5.72. The van der Waals surface area contributed by atoms with Crippen molar-refractivity contribution in [2.45, 2.75) is 52.5 Å². The number of rotatable bonds is 10. The van der Waals surface area contributed by atoms with Gasteiger partial charge in [0, 0.05) is 26.1 Å². The highest BCUT2D eigenvalue weighted by atomic mass is 16.5. The maximum atomic E-state index is 11.1. The summed E-state index contributed by atoms with van der Waals surface area (Å²) >= 11 is 0. The zero-order valence-electron chi connectivity index (χ0n) is 11.8. The molecule has 0 unspecified atom stereocenters. The number of hydrogen-bond acceptors (Lipinski definition) is 4. The predicted molar refractivity (Wildman–Crippen MR) is 71.2 cm³/mol. The Morgan fingerprint density at radius 3 is 2.50 bits per heavy atom. The van der Waals surface area contributed by atoms with Crippen LogP contribution in [0.4, 0.5) is 0 Å². The molecule has 5 nitrogen and oxygen atoms in total. The third-order valence-electron chi connectivity index (χ3n) is 2.66. The van der Waals surface area contributed by atoms with Gasteiger partial charge in [-0.2, -0.15) is 0 Å². The van der Waals surface area contributed by atoms with Crippen LogP contribution < -0.4 is 10.6 Å². The molecule has 0 aromatic carbocycles. The van der Waals surface area contributed by atoms with E-state index < -0.39 is 0 Å².